The van der Waals surface area contributed by atoms with Crippen molar-refractivity contribution in [2.45, 2.75) is 39.8 Å². The number of carbonyl (C=O) groups excluding carboxylic acids is 1. The van der Waals surface area contributed by atoms with Gasteiger partial charge in [0, 0.05) is 43.6 Å². The van der Waals surface area contributed by atoms with Crippen LogP contribution in [-0.4, -0.2) is 67.6 Å². The summed E-state index contributed by atoms with van der Waals surface area (Å²) in [6, 6.07) is 2.65. The summed E-state index contributed by atoms with van der Waals surface area (Å²) in [5.41, 5.74) is 1.48. The molecule has 0 saturated carbocycles. The number of rotatable bonds is 5. The summed E-state index contributed by atoms with van der Waals surface area (Å²) in [6.07, 6.45) is 1.14. The molecule has 1 fully saturated rings. The fraction of sp³-hybridized carbons (Fsp3) is 0.700. The second kappa shape index (κ2) is 10.8. The number of carbonyl (C=O) groups is 1. The summed E-state index contributed by atoms with van der Waals surface area (Å²) in [7, 11) is 1.47. The molecule has 1 aromatic heterocycles. The van der Waals surface area contributed by atoms with Crippen LogP contribution in [0.3, 0.4) is 0 Å². The number of thiophene rings is 1. The molecule has 0 aliphatic carbocycles. The lowest BCUT2D eigenvalue weighted by Crippen LogP contribution is -2.43. The number of methoxy groups -OCH3 is 1. The molecule has 3 heterocycles. The van der Waals surface area contributed by atoms with E-state index in [0.29, 0.717) is 12.6 Å². The normalized spacial score (nSPS) is 23.7. The molecule has 1 aromatic rings. The number of fused-ring (bicyclic) bond motifs is 1. The highest BCUT2D eigenvalue weighted by Gasteiger charge is 2.37. The molecular weight excluding hydrogens is 487 g/mol. The topological polar surface area (TPSA) is 57.2 Å². The highest BCUT2D eigenvalue weighted by molar-refractivity contribution is 14.0. The number of nitrogens with zero attached hydrogens (tertiary/aromatic N) is 3. The van der Waals surface area contributed by atoms with Gasteiger partial charge in [-0.15, -0.1) is 35.3 Å². The van der Waals surface area contributed by atoms with E-state index in [1.165, 1.54) is 17.6 Å². The molecule has 8 heteroatoms. The van der Waals surface area contributed by atoms with Crippen molar-refractivity contribution < 1.29 is 9.53 Å². The number of halogens is 1. The van der Waals surface area contributed by atoms with Crippen molar-refractivity contribution in [1.82, 2.24) is 15.1 Å². The van der Waals surface area contributed by atoms with Crippen LogP contribution in [0.4, 0.5) is 0 Å². The number of hydrogen-bond acceptors (Lipinski definition) is 5. The number of hydrogen-bond donors (Lipinski definition) is 1. The van der Waals surface area contributed by atoms with Gasteiger partial charge in [-0.3, -0.25) is 14.7 Å². The Morgan fingerprint density at radius 3 is 2.96 bits per heavy atom. The van der Waals surface area contributed by atoms with Gasteiger partial charge in [-0.05, 0) is 43.2 Å². The smallest absolute Gasteiger partial charge is 0.310 e. The predicted octanol–water partition coefficient (Wildman–Crippen LogP) is 2.82. The number of esters is 1. The van der Waals surface area contributed by atoms with E-state index in [4.69, 9.17) is 9.73 Å². The Hall–Kier alpha value is -0.870. The zero-order valence-electron chi connectivity index (χ0n) is 17.3. The van der Waals surface area contributed by atoms with Crippen molar-refractivity contribution in [2.75, 3.05) is 39.8 Å². The van der Waals surface area contributed by atoms with Crippen LogP contribution < -0.4 is 5.32 Å². The average Bonchev–Trinajstić information content (AvgIpc) is 3.29. The van der Waals surface area contributed by atoms with E-state index < -0.39 is 0 Å². The summed E-state index contributed by atoms with van der Waals surface area (Å²) in [5, 5.41) is 5.60. The summed E-state index contributed by atoms with van der Waals surface area (Å²) in [4.78, 5) is 23.2. The van der Waals surface area contributed by atoms with Crippen LogP contribution in [0.25, 0.3) is 0 Å². The van der Waals surface area contributed by atoms with Crippen molar-refractivity contribution >= 4 is 47.2 Å². The van der Waals surface area contributed by atoms with Gasteiger partial charge >= 0.3 is 5.97 Å². The quantitative estimate of drug-likeness (QED) is 0.280. The van der Waals surface area contributed by atoms with Gasteiger partial charge in [0.25, 0.3) is 0 Å². The largest absolute Gasteiger partial charge is 0.469 e. The molecule has 1 saturated heterocycles. The third kappa shape index (κ3) is 5.38. The van der Waals surface area contributed by atoms with Crippen molar-refractivity contribution in [3.8, 4) is 0 Å². The van der Waals surface area contributed by atoms with E-state index in [1.807, 2.05) is 11.3 Å². The second-order valence-electron chi connectivity index (χ2n) is 7.65. The van der Waals surface area contributed by atoms with Crippen LogP contribution >= 0.6 is 35.3 Å². The summed E-state index contributed by atoms with van der Waals surface area (Å²) in [6.45, 7) is 11.7. The van der Waals surface area contributed by atoms with Gasteiger partial charge in [0.15, 0.2) is 5.96 Å². The zero-order chi connectivity index (χ0) is 19.4. The second-order valence-corrected chi connectivity index (χ2v) is 8.65. The van der Waals surface area contributed by atoms with E-state index in [1.54, 1.807) is 0 Å². The van der Waals surface area contributed by atoms with Crippen molar-refractivity contribution in [3.05, 3.63) is 21.9 Å². The molecule has 28 heavy (non-hydrogen) atoms. The molecule has 0 amide bonds. The molecule has 3 rings (SSSR count). The molecule has 0 spiro atoms. The molecule has 0 radical (unpaired) electrons. The first-order valence-corrected chi connectivity index (χ1v) is 10.8. The van der Waals surface area contributed by atoms with Crippen molar-refractivity contribution in [1.29, 1.82) is 0 Å². The zero-order valence-corrected chi connectivity index (χ0v) is 20.5. The maximum Gasteiger partial charge on any atom is 0.310 e. The molecule has 6 nitrogen and oxygen atoms in total. The Bertz CT molecular complexity index is 681. The molecule has 0 bridgehead atoms. The number of guanidine groups is 1. The lowest BCUT2D eigenvalue weighted by Gasteiger charge is -2.32. The van der Waals surface area contributed by atoms with Crippen molar-refractivity contribution in [3.63, 3.8) is 0 Å². The van der Waals surface area contributed by atoms with Gasteiger partial charge in [0.1, 0.15) is 0 Å². The minimum atomic E-state index is -0.117. The van der Waals surface area contributed by atoms with Crippen LogP contribution in [0.5, 0.6) is 0 Å². The fourth-order valence-electron chi connectivity index (χ4n) is 4.00. The fourth-order valence-corrected chi connectivity index (χ4v) is 4.89. The average molecular weight is 520 g/mol. The van der Waals surface area contributed by atoms with E-state index in [0.717, 1.165) is 45.1 Å². The SMILES string of the molecule is CCNC(=NCC(C)N1CCc2sccc2C1)N1CC(C)C(C(=O)OC)C1.I. The standard InChI is InChI=1S/C20H32N4O2S.HI/c1-5-21-20(24-11-14(2)17(13-24)19(25)26-4)22-10-15(3)23-8-6-18-16(12-23)7-9-27-18;/h7,9,14-15,17H,5-6,8,10-13H2,1-4H3,(H,21,22);1H. The summed E-state index contributed by atoms with van der Waals surface area (Å²) in [5.74, 6) is 0.998. The van der Waals surface area contributed by atoms with Gasteiger partial charge in [-0.2, -0.15) is 0 Å². The Morgan fingerprint density at radius 2 is 2.25 bits per heavy atom. The lowest BCUT2D eigenvalue weighted by atomic mass is 9.99. The Kier molecular flexibility index (Phi) is 9.01. The number of ether oxygens (including phenoxy) is 1. The highest BCUT2D eigenvalue weighted by atomic mass is 127. The predicted molar refractivity (Wildman–Crippen MR) is 126 cm³/mol. The Balaban J connectivity index is 0.00000280. The van der Waals surface area contributed by atoms with E-state index >= 15 is 0 Å². The van der Waals surface area contributed by atoms with Gasteiger partial charge < -0.3 is 15.0 Å². The molecule has 158 valence electrons. The van der Waals surface area contributed by atoms with Crippen LogP contribution in [0.2, 0.25) is 0 Å². The lowest BCUT2D eigenvalue weighted by molar-refractivity contribution is -0.145. The maximum absolute atomic E-state index is 12.0. The molecule has 3 unspecified atom stereocenters. The monoisotopic (exact) mass is 520 g/mol. The van der Waals surface area contributed by atoms with E-state index in [9.17, 15) is 4.79 Å². The number of aliphatic imine (C=N–C) groups is 1. The Labute approximate surface area is 189 Å². The minimum absolute atomic E-state index is 0. The Morgan fingerprint density at radius 1 is 1.46 bits per heavy atom. The molecular formula is C20H33IN4O2S. The van der Waals surface area contributed by atoms with Gasteiger partial charge in [0.2, 0.25) is 0 Å². The van der Waals surface area contributed by atoms with Gasteiger partial charge in [-0.1, -0.05) is 6.92 Å². The highest BCUT2D eigenvalue weighted by Crippen LogP contribution is 2.26. The first-order valence-electron chi connectivity index (χ1n) is 9.93. The maximum atomic E-state index is 12.0. The molecule has 1 N–H and O–H groups in total. The number of likely N-dealkylation sites (tertiary alicyclic amines) is 1. The molecule has 2 aliphatic rings. The van der Waals surface area contributed by atoms with Crippen LogP contribution in [0.15, 0.2) is 16.4 Å². The number of nitrogens with one attached hydrogen (secondary N) is 1. The molecule has 0 aromatic carbocycles. The summed E-state index contributed by atoms with van der Waals surface area (Å²) >= 11 is 1.88. The summed E-state index contributed by atoms with van der Waals surface area (Å²) < 4.78 is 4.96. The van der Waals surface area contributed by atoms with Gasteiger partial charge in [-0.25, -0.2) is 0 Å². The third-order valence-electron chi connectivity index (χ3n) is 5.72. The van der Waals surface area contributed by atoms with Gasteiger partial charge in [0.05, 0.1) is 19.6 Å². The van der Waals surface area contributed by atoms with Crippen LogP contribution in [-0.2, 0) is 22.5 Å². The van der Waals surface area contributed by atoms with E-state index in [2.05, 4.69) is 47.3 Å². The van der Waals surface area contributed by atoms with E-state index in [-0.39, 0.29) is 41.8 Å². The first-order chi connectivity index (χ1) is 13.0. The third-order valence-corrected chi connectivity index (χ3v) is 6.74. The molecule has 2 aliphatic heterocycles. The minimum Gasteiger partial charge on any atom is -0.469 e. The van der Waals surface area contributed by atoms with Crippen LogP contribution in [0, 0.1) is 11.8 Å². The first kappa shape index (κ1) is 23.4. The van der Waals surface area contributed by atoms with Crippen LogP contribution in [0.1, 0.15) is 31.2 Å². The van der Waals surface area contributed by atoms with Crippen molar-refractivity contribution in [2.24, 2.45) is 16.8 Å². The molecule has 3 atom stereocenters.